The van der Waals surface area contributed by atoms with E-state index in [1.165, 1.54) is 0 Å². The van der Waals surface area contributed by atoms with Crippen LogP contribution in [0.3, 0.4) is 0 Å². The molecule has 0 unspecified atom stereocenters. The van der Waals surface area contributed by atoms with Gasteiger partial charge in [-0.05, 0) is 38.3 Å². The van der Waals surface area contributed by atoms with Gasteiger partial charge in [0.2, 0.25) is 0 Å². The molecule has 0 aliphatic rings. The average molecular weight is 207 g/mol. The minimum atomic E-state index is -1.07. The van der Waals surface area contributed by atoms with E-state index in [9.17, 15) is 9.59 Å². The Hall–Kier alpha value is -0.570. The summed E-state index contributed by atoms with van der Waals surface area (Å²) in [4.78, 5) is 21.2. The zero-order chi connectivity index (χ0) is 10.5. The summed E-state index contributed by atoms with van der Waals surface area (Å²) in [5.74, 6) is -0.970. The smallest absolute Gasteiger partial charge is 0.391 e. The fourth-order valence-corrected chi connectivity index (χ4v) is 0.983. The monoisotopic (exact) mass is 206 g/mol. The fourth-order valence-electron chi connectivity index (χ4n) is 0.945. The molecule has 0 aromatic heterocycles. The van der Waals surface area contributed by atoms with Crippen LogP contribution >= 0.6 is 11.6 Å². The molecule has 0 atom stereocenters. The van der Waals surface area contributed by atoms with Gasteiger partial charge in [-0.25, -0.2) is 4.79 Å². The molecular formula is C9H15ClO3. The van der Waals surface area contributed by atoms with Gasteiger partial charge in [0.25, 0.3) is 0 Å². The molecule has 0 spiro atoms. The van der Waals surface area contributed by atoms with Crippen LogP contribution in [0.15, 0.2) is 0 Å². The third-order valence-corrected chi connectivity index (χ3v) is 1.82. The lowest BCUT2D eigenvalue weighted by Crippen LogP contribution is -2.30. The Morgan fingerprint density at radius 1 is 1.38 bits per heavy atom. The molecule has 3 nitrogen and oxygen atoms in total. The second-order valence-corrected chi connectivity index (χ2v) is 3.87. The second kappa shape index (κ2) is 5.22. The summed E-state index contributed by atoms with van der Waals surface area (Å²) in [5.41, 5.74) is -0.600. The lowest BCUT2D eigenvalue weighted by atomic mass is 10.0. The largest absolute Gasteiger partial charge is 0.453 e. The van der Waals surface area contributed by atoms with E-state index in [4.69, 9.17) is 16.3 Å². The van der Waals surface area contributed by atoms with Crippen LogP contribution in [0, 0.1) is 0 Å². The van der Waals surface area contributed by atoms with E-state index in [0.717, 1.165) is 19.3 Å². The molecule has 13 heavy (non-hydrogen) atoms. The van der Waals surface area contributed by atoms with Crippen molar-refractivity contribution in [1.29, 1.82) is 0 Å². The van der Waals surface area contributed by atoms with Crippen LogP contribution in [-0.2, 0) is 14.3 Å². The second-order valence-electron chi connectivity index (χ2n) is 3.53. The molecule has 0 saturated carbocycles. The number of hydrogen-bond donors (Lipinski definition) is 0. The first kappa shape index (κ1) is 12.4. The number of carbonyl (C=O) groups excluding carboxylic acids is 2. The highest BCUT2D eigenvalue weighted by Crippen LogP contribution is 2.18. The summed E-state index contributed by atoms with van der Waals surface area (Å²) in [7, 11) is 0. The van der Waals surface area contributed by atoms with Crippen molar-refractivity contribution in [3.8, 4) is 0 Å². The normalized spacial score (nSPS) is 11.1. The molecule has 0 N–H and O–H groups in total. The van der Waals surface area contributed by atoms with Crippen molar-refractivity contribution in [2.75, 3.05) is 0 Å². The average Bonchev–Trinajstić information content (AvgIpc) is 2.00. The van der Waals surface area contributed by atoms with E-state index in [0.29, 0.717) is 0 Å². The Kier molecular flexibility index (Phi) is 4.99. The zero-order valence-corrected chi connectivity index (χ0v) is 8.98. The van der Waals surface area contributed by atoms with Gasteiger partial charge in [0.05, 0.1) is 0 Å². The predicted octanol–water partition coefficient (Wildman–Crippen LogP) is 2.26. The van der Waals surface area contributed by atoms with Gasteiger partial charge >= 0.3 is 11.2 Å². The van der Waals surface area contributed by atoms with Crippen molar-refractivity contribution >= 4 is 22.8 Å². The Balaban J connectivity index is 4.00. The molecule has 0 rings (SSSR count). The number of halogens is 1. The van der Waals surface area contributed by atoms with Gasteiger partial charge in [0, 0.05) is 0 Å². The SMILES string of the molecule is CCCCC(C)(C)OC(=O)C(=O)Cl. The van der Waals surface area contributed by atoms with E-state index in [1.807, 2.05) is 6.92 Å². The minimum absolute atomic E-state index is 0.600. The molecule has 0 aliphatic heterocycles. The highest BCUT2D eigenvalue weighted by Gasteiger charge is 2.25. The van der Waals surface area contributed by atoms with Gasteiger partial charge in [0.15, 0.2) is 0 Å². The minimum Gasteiger partial charge on any atom is -0.453 e. The molecule has 0 aliphatic carbocycles. The molecule has 0 aromatic carbocycles. The third kappa shape index (κ3) is 5.64. The first-order chi connectivity index (χ1) is 5.89. The van der Waals surface area contributed by atoms with Crippen LogP contribution in [0.2, 0.25) is 0 Å². The lowest BCUT2D eigenvalue weighted by Gasteiger charge is -2.23. The van der Waals surface area contributed by atoms with E-state index in [1.54, 1.807) is 13.8 Å². The van der Waals surface area contributed by atoms with Gasteiger partial charge in [-0.3, -0.25) is 4.79 Å². The molecule has 0 amide bonds. The van der Waals surface area contributed by atoms with Crippen molar-refractivity contribution < 1.29 is 14.3 Å². The number of ether oxygens (including phenoxy) is 1. The van der Waals surface area contributed by atoms with Crippen molar-refractivity contribution in [3.63, 3.8) is 0 Å². The molecule has 0 heterocycles. The van der Waals surface area contributed by atoms with Gasteiger partial charge < -0.3 is 4.74 Å². The Morgan fingerprint density at radius 3 is 2.31 bits per heavy atom. The van der Waals surface area contributed by atoms with Crippen LogP contribution in [0.1, 0.15) is 40.0 Å². The van der Waals surface area contributed by atoms with Crippen LogP contribution in [-0.4, -0.2) is 16.8 Å². The molecular weight excluding hydrogens is 192 g/mol. The predicted molar refractivity (Wildman–Crippen MR) is 50.6 cm³/mol. The standard InChI is InChI=1S/C9H15ClO3/c1-4-5-6-9(2,3)13-8(12)7(10)11/h4-6H2,1-3H3. The van der Waals surface area contributed by atoms with E-state index in [-0.39, 0.29) is 0 Å². The molecule has 76 valence electrons. The summed E-state index contributed by atoms with van der Waals surface area (Å²) in [6, 6.07) is 0. The lowest BCUT2D eigenvalue weighted by molar-refractivity contribution is -0.161. The summed E-state index contributed by atoms with van der Waals surface area (Å²) >= 11 is 4.95. The molecule has 4 heteroatoms. The maximum absolute atomic E-state index is 10.8. The topological polar surface area (TPSA) is 43.4 Å². The van der Waals surface area contributed by atoms with Gasteiger partial charge in [-0.1, -0.05) is 13.3 Å². The zero-order valence-electron chi connectivity index (χ0n) is 8.22. The molecule has 0 bridgehead atoms. The van der Waals surface area contributed by atoms with Crippen molar-refractivity contribution in [2.24, 2.45) is 0 Å². The number of esters is 1. The number of rotatable bonds is 5. The number of hydrogen-bond acceptors (Lipinski definition) is 3. The van der Waals surface area contributed by atoms with E-state index < -0.39 is 16.8 Å². The summed E-state index contributed by atoms with van der Waals surface area (Å²) in [5, 5.41) is -1.07. The Bertz CT molecular complexity index is 199. The van der Waals surface area contributed by atoms with Crippen molar-refractivity contribution in [3.05, 3.63) is 0 Å². The first-order valence-electron chi connectivity index (χ1n) is 4.32. The number of unbranched alkanes of at least 4 members (excludes halogenated alkanes) is 1. The molecule has 0 aromatic rings. The van der Waals surface area contributed by atoms with E-state index in [2.05, 4.69) is 0 Å². The maximum Gasteiger partial charge on any atom is 0.391 e. The molecule has 0 fully saturated rings. The van der Waals surface area contributed by atoms with Gasteiger partial charge in [0.1, 0.15) is 5.60 Å². The van der Waals surface area contributed by atoms with Crippen LogP contribution in [0.5, 0.6) is 0 Å². The summed E-state index contributed by atoms with van der Waals surface area (Å²) in [6.45, 7) is 5.57. The summed E-state index contributed by atoms with van der Waals surface area (Å²) in [6.07, 6.45) is 2.71. The Morgan fingerprint density at radius 2 is 1.92 bits per heavy atom. The molecule has 0 radical (unpaired) electrons. The van der Waals surface area contributed by atoms with Crippen molar-refractivity contribution in [1.82, 2.24) is 0 Å². The fraction of sp³-hybridized carbons (Fsp3) is 0.778. The highest BCUT2D eigenvalue weighted by molar-refractivity contribution is 6.80. The van der Waals surface area contributed by atoms with E-state index >= 15 is 0 Å². The van der Waals surface area contributed by atoms with Gasteiger partial charge in [-0.15, -0.1) is 0 Å². The maximum atomic E-state index is 10.8. The van der Waals surface area contributed by atoms with Gasteiger partial charge in [-0.2, -0.15) is 0 Å². The van der Waals surface area contributed by atoms with Crippen molar-refractivity contribution in [2.45, 2.75) is 45.6 Å². The summed E-state index contributed by atoms with van der Waals surface area (Å²) < 4.78 is 4.88. The number of carbonyl (C=O) groups is 2. The third-order valence-electron chi connectivity index (χ3n) is 1.66. The van der Waals surface area contributed by atoms with Crippen LogP contribution in [0.25, 0.3) is 0 Å². The quantitative estimate of drug-likeness (QED) is 0.394. The highest BCUT2D eigenvalue weighted by atomic mass is 35.5. The van der Waals surface area contributed by atoms with Crippen LogP contribution in [0.4, 0.5) is 0 Å². The Labute approximate surface area is 83.4 Å². The van der Waals surface area contributed by atoms with Crippen LogP contribution < -0.4 is 0 Å². The molecule has 0 saturated heterocycles. The first-order valence-corrected chi connectivity index (χ1v) is 4.69.